The number of likely N-dealkylation sites (N-methyl/N-ethyl adjacent to an activating group) is 1. The van der Waals surface area contributed by atoms with Crippen LogP contribution in [0.2, 0.25) is 0 Å². The lowest BCUT2D eigenvalue weighted by atomic mass is 10.2. The third-order valence-corrected chi connectivity index (χ3v) is 4.81. The molecule has 0 aromatic carbocycles. The molecule has 4 rings (SSSR count). The molecule has 0 radical (unpaired) electrons. The van der Waals surface area contributed by atoms with Crippen molar-refractivity contribution in [3.8, 4) is 0 Å². The molecule has 0 unspecified atom stereocenters. The Morgan fingerprint density at radius 2 is 1.81 bits per heavy atom. The summed E-state index contributed by atoms with van der Waals surface area (Å²) in [5.41, 5.74) is 1.92. The summed E-state index contributed by atoms with van der Waals surface area (Å²) >= 11 is 0. The first kappa shape index (κ1) is 13.0. The van der Waals surface area contributed by atoms with E-state index in [9.17, 15) is 0 Å². The fraction of sp³-hybridized carbons (Fsp3) is 0.667. The van der Waals surface area contributed by atoms with Crippen molar-refractivity contribution in [2.75, 3.05) is 38.1 Å². The molecule has 3 heterocycles. The summed E-state index contributed by atoms with van der Waals surface area (Å²) in [5.74, 6) is 0.857. The highest BCUT2D eigenvalue weighted by molar-refractivity contribution is 5.71. The van der Waals surface area contributed by atoms with E-state index >= 15 is 0 Å². The number of piperazine rings is 1. The van der Waals surface area contributed by atoms with E-state index in [0.29, 0.717) is 6.04 Å². The van der Waals surface area contributed by atoms with Gasteiger partial charge in [-0.1, -0.05) is 12.8 Å². The van der Waals surface area contributed by atoms with Gasteiger partial charge in [-0.05, 0) is 19.9 Å². The minimum absolute atomic E-state index is 0.574. The number of anilines is 1. The van der Waals surface area contributed by atoms with Crippen LogP contribution in [0.15, 0.2) is 12.5 Å². The van der Waals surface area contributed by atoms with Crippen molar-refractivity contribution >= 4 is 17.1 Å². The van der Waals surface area contributed by atoms with Crippen LogP contribution < -0.4 is 4.90 Å². The second-order valence-electron chi connectivity index (χ2n) is 6.26. The maximum atomic E-state index is 4.83. The van der Waals surface area contributed by atoms with Crippen molar-refractivity contribution in [3.05, 3.63) is 12.5 Å². The van der Waals surface area contributed by atoms with Crippen LogP contribution in [0.5, 0.6) is 0 Å². The van der Waals surface area contributed by atoms with Gasteiger partial charge in [0.25, 0.3) is 0 Å². The van der Waals surface area contributed by atoms with Crippen LogP contribution in [-0.4, -0.2) is 57.6 Å². The van der Waals surface area contributed by atoms with Gasteiger partial charge in [0, 0.05) is 32.2 Å². The molecule has 2 aliphatic rings. The summed E-state index contributed by atoms with van der Waals surface area (Å²) < 4.78 is 2.27. The van der Waals surface area contributed by atoms with Crippen molar-refractivity contribution in [1.82, 2.24) is 24.4 Å². The number of hydrogen-bond acceptors (Lipinski definition) is 5. The third kappa shape index (κ3) is 2.37. The van der Waals surface area contributed by atoms with Gasteiger partial charge >= 0.3 is 0 Å². The van der Waals surface area contributed by atoms with E-state index in [2.05, 4.69) is 31.4 Å². The molecule has 6 heteroatoms. The van der Waals surface area contributed by atoms with Crippen molar-refractivity contribution in [2.45, 2.75) is 31.7 Å². The number of rotatable bonds is 2. The van der Waals surface area contributed by atoms with Gasteiger partial charge in [-0.15, -0.1) is 0 Å². The first-order valence-electron chi connectivity index (χ1n) is 7.94. The summed E-state index contributed by atoms with van der Waals surface area (Å²) in [7, 11) is 2.16. The maximum absolute atomic E-state index is 4.83. The Morgan fingerprint density at radius 1 is 1.05 bits per heavy atom. The molecular formula is C15H22N6. The number of fused-ring (bicyclic) bond motifs is 1. The lowest BCUT2D eigenvalue weighted by Crippen LogP contribution is -2.45. The lowest BCUT2D eigenvalue weighted by molar-refractivity contribution is 0.311. The Morgan fingerprint density at radius 3 is 2.57 bits per heavy atom. The molecule has 1 saturated carbocycles. The number of aromatic nitrogens is 4. The normalized spacial score (nSPS) is 21.5. The molecule has 2 aromatic heterocycles. The fourth-order valence-electron chi connectivity index (χ4n) is 3.43. The van der Waals surface area contributed by atoms with Gasteiger partial charge in [-0.2, -0.15) is 4.98 Å². The molecule has 0 atom stereocenters. The molecule has 1 aliphatic carbocycles. The van der Waals surface area contributed by atoms with Crippen LogP contribution in [0.1, 0.15) is 31.7 Å². The largest absolute Gasteiger partial charge is 0.338 e. The van der Waals surface area contributed by atoms with Crippen LogP contribution >= 0.6 is 0 Å². The Labute approximate surface area is 124 Å². The second kappa shape index (κ2) is 5.26. The van der Waals surface area contributed by atoms with E-state index in [1.54, 1.807) is 0 Å². The zero-order valence-electron chi connectivity index (χ0n) is 12.6. The molecule has 112 valence electrons. The summed E-state index contributed by atoms with van der Waals surface area (Å²) in [6, 6.07) is 0.574. The molecule has 6 nitrogen and oxygen atoms in total. The van der Waals surface area contributed by atoms with Crippen molar-refractivity contribution in [2.24, 2.45) is 0 Å². The van der Waals surface area contributed by atoms with Gasteiger partial charge < -0.3 is 14.4 Å². The standard InChI is InChI=1S/C15H22N6/c1-19-6-8-20(9-7-19)15-16-10-13-14(18-15)21(11-17-13)12-4-2-3-5-12/h10-12H,2-9H2,1H3. The van der Waals surface area contributed by atoms with Crippen molar-refractivity contribution in [3.63, 3.8) is 0 Å². The van der Waals surface area contributed by atoms with Crippen molar-refractivity contribution in [1.29, 1.82) is 0 Å². The summed E-state index contributed by atoms with van der Waals surface area (Å²) in [6.45, 7) is 4.14. The van der Waals surface area contributed by atoms with Gasteiger partial charge in [0.15, 0.2) is 5.65 Å². The van der Waals surface area contributed by atoms with E-state index in [1.807, 2.05) is 12.5 Å². The van der Waals surface area contributed by atoms with Gasteiger partial charge in [0.2, 0.25) is 5.95 Å². The van der Waals surface area contributed by atoms with E-state index < -0.39 is 0 Å². The summed E-state index contributed by atoms with van der Waals surface area (Å²) in [6.07, 6.45) is 8.96. The van der Waals surface area contributed by atoms with Gasteiger partial charge in [0.05, 0.1) is 12.5 Å². The van der Waals surface area contributed by atoms with Gasteiger partial charge in [0.1, 0.15) is 5.52 Å². The minimum atomic E-state index is 0.574. The highest BCUT2D eigenvalue weighted by Crippen LogP contribution is 2.31. The number of hydrogen-bond donors (Lipinski definition) is 0. The molecule has 2 aromatic rings. The molecule has 0 N–H and O–H groups in total. The summed E-state index contributed by atoms with van der Waals surface area (Å²) in [5, 5.41) is 0. The molecule has 21 heavy (non-hydrogen) atoms. The lowest BCUT2D eigenvalue weighted by Gasteiger charge is -2.32. The average Bonchev–Trinajstić information content (AvgIpc) is 3.16. The smallest absolute Gasteiger partial charge is 0.227 e. The van der Waals surface area contributed by atoms with E-state index in [1.165, 1.54) is 25.7 Å². The first-order chi connectivity index (χ1) is 10.3. The number of nitrogens with zero attached hydrogens (tertiary/aromatic N) is 6. The predicted molar refractivity (Wildman–Crippen MR) is 82.5 cm³/mol. The minimum Gasteiger partial charge on any atom is -0.338 e. The predicted octanol–water partition coefficient (Wildman–Crippen LogP) is 1.69. The van der Waals surface area contributed by atoms with E-state index in [4.69, 9.17) is 4.98 Å². The molecule has 0 bridgehead atoms. The zero-order chi connectivity index (χ0) is 14.2. The van der Waals surface area contributed by atoms with Crippen LogP contribution in [0.25, 0.3) is 11.2 Å². The Hall–Kier alpha value is -1.69. The number of imidazole rings is 1. The maximum Gasteiger partial charge on any atom is 0.227 e. The highest BCUT2D eigenvalue weighted by atomic mass is 15.3. The molecule has 0 amide bonds. The Balaban J connectivity index is 1.66. The molecule has 1 aliphatic heterocycles. The molecule has 2 fully saturated rings. The Kier molecular flexibility index (Phi) is 3.25. The SMILES string of the molecule is CN1CCN(c2ncc3ncn(C4CCCC4)c3n2)CC1. The average molecular weight is 286 g/mol. The van der Waals surface area contributed by atoms with E-state index in [0.717, 1.165) is 43.3 Å². The molecule has 1 saturated heterocycles. The second-order valence-corrected chi connectivity index (χ2v) is 6.26. The fourth-order valence-corrected chi connectivity index (χ4v) is 3.43. The van der Waals surface area contributed by atoms with Crippen LogP contribution in [0.4, 0.5) is 5.95 Å². The highest BCUT2D eigenvalue weighted by Gasteiger charge is 2.21. The summed E-state index contributed by atoms with van der Waals surface area (Å²) in [4.78, 5) is 18.4. The van der Waals surface area contributed by atoms with Crippen LogP contribution in [0, 0.1) is 0 Å². The van der Waals surface area contributed by atoms with Crippen LogP contribution in [-0.2, 0) is 0 Å². The monoisotopic (exact) mass is 286 g/mol. The quantitative estimate of drug-likeness (QED) is 0.841. The molecular weight excluding hydrogens is 264 g/mol. The third-order valence-electron chi connectivity index (χ3n) is 4.81. The van der Waals surface area contributed by atoms with E-state index in [-0.39, 0.29) is 0 Å². The van der Waals surface area contributed by atoms with Crippen molar-refractivity contribution < 1.29 is 0 Å². The van der Waals surface area contributed by atoms with Gasteiger partial charge in [-0.3, -0.25) is 0 Å². The Bertz CT molecular complexity index is 622. The van der Waals surface area contributed by atoms with Crippen LogP contribution in [0.3, 0.4) is 0 Å². The molecule has 0 spiro atoms. The van der Waals surface area contributed by atoms with Gasteiger partial charge in [-0.25, -0.2) is 9.97 Å². The zero-order valence-corrected chi connectivity index (χ0v) is 12.6. The topological polar surface area (TPSA) is 50.1 Å². The first-order valence-corrected chi connectivity index (χ1v) is 7.94.